The van der Waals surface area contributed by atoms with Gasteiger partial charge in [0.15, 0.2) is 0 Å². The van der Waals surface area contributed by atoms with Crippen molar-refractivity contribution in [2.24, 2.45) is 5.41 Å². The van der Waals surface area contributed by atoms with Crippen LogP contribution in [0.5, 0.6) is 0 Å². The fraction of sp³-hybridized carbons (Fsp3) is 0.267. The van der Waals surface area contributed by atoms with Crippen LogP contribution in [-0.4, -0.2) is 11.2 Å². The lowest BCUT2D eigenvalue weighted by Crippen LogP contribution is -2.08. The molecule has 0 aliphatic carbocycles. The number of rotatable bonds is 5. The molecule has 33 heavy (non-hydrogen) atoms. The maximum atomic E-state index is 8.58. The number of nitrogens with one attached hydrogen (secondary N) is 1. The highest BCUT2D eigenvalue weighted by atomic mass is 16.3. The van der Waals surface area contributed by atoms with Gasteiger partial charge in [0, 0.05) is 39.2 Å². The number of aromatic nitrogens is 1. The molecule has 168 valence electrons. The summed E-state index contributed by atoms with van der Waals surface area (Å²) in [6.45, 7) is 2.30. The van der Waals surface area contributed by atoms with Crippen LogP contribution in [-0.2, 0) is 6.37 Å². The summed E-state index contributed by atoms with van der Waals surface area (Å²) in [6, 6.07) is 15.3. The first kappa shape index (κ1) is 14.6. The Morgan fingerprint density at radius 3 is 2.55 bits per heavy atom. The summed E-state index contributed by atoms with van der Waals surface area (Å²) >= 11 is 0. The Labute approximate surface area is 207 Å². The van der Waals surface area contributed by atoms with Gasteiger partial charge in [0.2, 0.25) is 5.71 Å². The van der Waals surface area contributed by atoms with Gasteiger partial charge in [-0.3, -0.25) is 0 Å². The summed E-state index contributed by atoms with van der Waals surface area (Å²) in [5, 5.41) is 9.33. The maximum Gasteiger partial charge on any atom is 0.227 e. The molecule has 4 aromatic rings. The third-order valence-corrected chi connectivity index (χ3v) is 5.30. The van der Waals surface area contributed by atoms with Crippen LogP contribution in [0.2, 0.25) is 0 Å². The number of hydrogen-bond donors (Lipinski definition) is 1. The van der Waals surface area contributed by atoms with E-state index >= 15 is 0 Å². The second-order valence-corrected chi connectivity index (χ2v) is 9.08. The fourth-order valence-corrected chi connectivity index (χ4v) is 3.84. The zero-order valence-electron chi connectivity index (χ0n) is 27.2. The van der Waals surface area contributed by atoms with Gasteiger partial charge < -0.3 is 9.83 Å². The molecule has 2 aromatic heterocycles. The number of allylic oxidation sites excluding steroid dienone is 4. The predicted octanol–water partition coefficient (Wildman–Crippen LogP) is 8.40. The number of furan rings is 1. The van der Waals surface area contributed by atoms with Crippen LogP contribution in [0.25, 0.3) is 33.2 Å². The first-order valence-electron chi connectivity index (χ1n) is 14.7. The Balaban J connectivity index is 1.90. The highest BCUT2D eigenvalue weighted by molar-refractivity contribution is 6.07. The van der Waals surface area contributed by atoms with E-state index in [2.05, 4.69) is 4.98 Å². The molecule has 0 radical (unpaired) electrons. The van der Waals surface area contributed by atoms with Crippen molar-refractivity contribution in [2.75, 3.05) is 0 Å². The Morgan fingerprint density at radius 1 is 1.09 bits per heavy atom. The van der Waals surface area contributed by atoms with Gasteiger partial charge in [-0.05, 0) is 72.4 Å². The Morgan fingerprint density at radius 2 is 1.88 bits per heavy atom. The molecule has 0 spiro atoms. The van der Waals surface area contributed by atoms with E-state index in [1.165, 1.54) is 6.07 Å². The second-order valence-electron chi connectivity index (χ2n) is 9.08. The summed E-state index contributed by atoms with van der Waals surface area (Å²) in [5.74, 6) is 0. The third-order valence-electron chi connectivity index (χ3n) is 5.30. The largest absolute Gasteiger partial charge is 0.437 e. The van der Waals surface area contributed by atoms with Gasteiger partial charge in [-0.25, -0.2) is 4.98 Å². The second kappa shape index (κ2) is 8.82. The molecule has 2 aromatic carbocycles. The SMILES string of the molecule is [2H]C([2H])([2H])/C(C=N)=C(/C=C(\C)c1cccc2c1oc1nc(C([2H])([2H])[2H])ccc12)c1ccc(C([2H])([2H])C(C)(C)C)cc1. The van der Waals surface area contributed by atoms with E-state index in [9.17, 15) is 0 Å². The average Bonchev–Trinajstić information content (AvgIpc) is 3.24. The van der Waals surface area contributed by atoms with Gasteiger partial charge in [0.05, 0.1) is 0 Å². The number of aryl methyl sites for hydroxylation is 1. The van der Waals surface area contributed by atoms with Crippen LogP contribution in [0, 0.1) is 17.7 Å². The standard InChI is InChI=1S/C30H32N2O/c1-19(24-8-7-9-25-26-15-10-21(3)32-29(26)33-28(24)25)16-27(20(2)18-31)23-13-11-22(12-14-23)17-30(4,5)6/h7-16,18,31H,17H2,1-6H3/b19-16+,27-20+,31-18?/i2D3,3D3,17D2. The summed E-state index contributed by atoms with van der Waals surface area (Å²) in [6.07, 6.45) is 0.889. The molecule has 0 aliphatic heterocycles. The van der Waals surface area contributed by atoms with Gasteiger partial charge in [0.1, 0.15) is 5.58 Å². The number of nitrogens with zero attached hydrogens (tertiary/aromatic N) is 1. The van der Waals surface area contributed by atoms with E-state index in [0.29, 0.717) is 38.8 Å². The van der Waals surface area contributed by atoms with Crippen molar-refractivity contribution in [1.29, 1.82) is 5.41 Å². The minimum absolute atomic E-state index is 0.0734. The van der Waals surface area contributed by atoms with Crippen molar-refractivity contribution in [3.8, 4) is 0 Å². The molecule has 0 unspecified atom stereocenters. The van der Waals surface area contributed by atoms with Crippen LogP contribution < -0.4 is 0 Å². The van der Waals surface area contributed by atoms with Crippen molar-refractivity contribution in [3.05, 3.63) is 88.6 Å². The first-order valence-corrected chi connectivity index (χ1v) is 10.7. The summed E-state index contributed by atoms with van der Waals surface area (Å²) in [5.41, 5.74) is 2.37. The van der Waals surface area contributed by atoms with Crippen LogP contribution >= 0.6 is 0 Å². The molecule has 0 fully saturated rings. The van der Waals surface area contributed by atoms with Crippen LogP contribution in [0.15, 0.2) is 70.7 Å². The maximum absolute atomic E-state index is 8.58. The molecule has 0 saturated heterocycles. The van der Waals surface area contributed by atoms with Crippen molar-refractivity contribution < 1.29 is 15.4 Å². The summed E-state index contributed by atoms with van der Waals surface area (Å²) in [7, 11) is 0. The smallest absolute Gasteiger partial charge is 0.227 e. The molecule has 0 aliphatic rings. The van der Waals surface area contributed by atoms with Crippen molar-refractivity contribution in [2.45, 2.75) is 47.8 Å². The average molecular weight is 445 g/mol. The van der Waals surface area contributed by atoms with Gasteiger partial charge in [-0.2, -0.15) is 0 Å². The zero-order chi connectivity index (χ0) is 30.5. The Hall–Kier alpha value is -3.46. The molecule has 0 saturated carbocycles. The van der Waals surface area contributed by atoms with Crippen LogP contribution in [0.4, 0.5) is 0 Å². The predicted molar refractivity (Wildman–Crippen MR) is 141 cm³/mol. The fourth-order valence-electron chi connectivity index (χ4n) is 3.84. The minimum Gasteiger partial charge on any atom is -0.437 e. The molecule has 0 amide bonds. The highest BCUT2D eigenvalue weighted by Gasteiger charge is 2.14. The molecular formula is C30H32N2O. The van der Waals surface area contributed by atoms with Gasteiger partial charge in [-0.15, -0.1) is 0 Å². The minimum atomic E-state index is -2.58. The van der Waals surface area contributed by atoms with E-state index in [4.69, 9.17) is 20.8 Å². The van der Waals surface area contributed by atoms with E-state index < -0.39 is 25.5 Å². The van der Waals surface area contributed by atoms with Crippen molar-refractivity contribution in [3.63, 3.8) is 0 Å². The number of benzene rings is 2. The van der Waals surface area contributed by atoms with E-state index in [-0.39, 0.29) is 17.0 Å². The molecule has 3 nitrogen and oxygen atoms in total. The Kier molecular flexibility index (Phi) is 3.91. The van der Waals surface area contributed by atoms with Gasteiger partial charge in [-0.1, -0.05) is 69.3 Å². The summed E-state index contributed by atoms with van der Waals surface area (Å²) < 4.78 is 70.5. The number of pyridine rings is 1. The lowest BCUT2D eigenvalue weighted by atomic mass is 9.87. The number of hydrogen-bond acceptors (Lipinski definition) is 3. The van der Waals surface area contributed by atoms with E-state index in [1.54, 1.807) is 43.3 Å². The van der Waals surface area contributed by atoms with Gasteiger partial charge in [0.25, 0.3) is 0 Å². The molecule has 0 bridgehead atoms. The zero-order valence-corrected chi connectivity index (χ0v) is 19.2. The van der Waals surface area contributed by atoms with Crippen molar-refractivity contribution in [1.82, 2.24) is 4.98 Å². The van der Waals surface area contributed by atoms with Crippen LogP contribution in [0.3, 0.4) is 0 Å². The highest BCUT2D eigenvalue weighted by Crippen LogP contribution is 2.34. The molecule has 2 heterocycles. The number of fused-ring (bicyclic) bond motifs is 3. The molecule has 1 N–H and O–H groups in total. The van der Waals surface area contributed by atoms with Crippen LogP contribution in [0.1, 0.15) is 67.9 Å². The molecule has 0 atom stereocenters. The molecule has 4 rings (SSSR count). The Bertz CT molecular complexity index is 1680. The topological polar surface area (TPSA) is 49.9 Å². The lowest BCUT2D eigenvalue weighted by Gasteiger charge is -2.18. The molecular weight excluding hydrogens is 404 g/mol. The first-order chi connectivity index (χ1) is 18.9. The molecule has 3 heteroatoms. The number of para-hydroxylation sites is 1. The third kappa shape index (κ3) is 4.83. The van der Waals surface area contributed by atoms with E-state index in [0.717, 1.165) is 11.6 Å². The van der Waals surface area contributed by atoms with Gasteiger partial charge >= 0.3 is 0 Å². The quantitative estimate of drug-likeness (QED) is 0.248. The van der Waals surface area contributed by atoms with Crippen molar-refractivity contribution >= 4 is 39.4 Å². The monoisotopic (exact) mass is 444 g/mol. The normalized spacial score (nSPS) is 18.2. The summed E-state index contributed by atoms with van der Waals surface area (Å²) in [4.78, 5) is 4.22. The van der Waals surface area contributed by atoms with E-state index in [1.807, 2.05) is 39.0 Å². The lowest BCUT2D eigenvalue weighted by molar-refractivity contribution is 0.411.